The number of methoxy groups -OCH3 is 1. The Bertz CT molecular complexity index is 631. The second-order valence-electron chi connectivity index (χ2n) is 4.26. The number of ether oxygens (including phenoxy) is 2. The molecule has 1 unspecified atom stereocenters. The molecule has 0 bridgehead atoms. The predicted molar refractivity (Wildman–Crippen MR) is 85.6 cm³/mol. The Morgan fingerprint density at radius 2 is 1.81 bits per heavy atom. The molecule has 0 aromatic heterocycles. The van der Waals surface area contributed by atoms with Gasteiger partial charge in [-0.2, -0.15) is 0 Å². The largest absolute Gasteiger partial charge is 0.497 e. The van der Waals surface area contributed by atoms with E-state index in [9.17, 15) is 4.21 Å². The second kappa shape index (κ2) is 7.33. The van der Waals surface area contributed by atoms with Gasteiger partial charge in [0.1, 0.15) is 18.1 Å². The standard InChI is InChI=1S/C15H16ClNO3S/c1-19-11-2-4-12(5-3-11)20-8-9-21(18)13-6-7-15(17)14(16)10-13/h2-7,10H,8-9,17H2,1H3. The van der Waals surface area contributed by atoms with Crippen LogP contribution in [0.1, 0.15) is 0 Å². The van der Waals surface area contributed by atoms with E-state index in [1.54, 1.807) is 25.3 Å². The van der Waals surface area contributed by atoms with Crippen molar-refractivity contribution >= 4 is 28.1 Å². The van der Waals surface area contributed by atoms with Crippen LogP contribution in [0.25, 0.3) is 0 Å². The van der Waals surface area contributed by atoms with Crippen molar-refractivity contribution < 1.29 is 13.7 Å². The van der Waals surface area contributed by atoms with E-state index < -0.39 is 10.8 Å². The van der Waals surface area contributed by atoms with Crippen LogP contribution in [-0.2, 0) is 10.8 Å². The summed E-state index contributed by atoms with van der Waals surface area (Å²) in [6, 6.07) is 12.2. The minimum absolute atomic E-state index is 0.348. The van der Waals surface area contributed by atoms with Crippen LogP contribution in [0, 0.1) is 0 Å². The monoisotopic (exact) mass is 325 g/mol. The van der Waals surface area contributed by atoms with Crippen LogP contribution in [0.15, 0.2) is 47.4 Å². The lowest BCUT2D eigenvalue weighted by molar-refractivity contribution is 0.341. The lowest BCUT2D eigenvalue weighted by atomic mass is 10.3. The van der Waals surface area contributed by atoms with Crippen molar-refractivity contribution in [3.63, 3.8) is 0 Å². The zero-order chi connectivity index (χ0) is 15.2. The summed E-state index contributed by atoms with van der Waals surface area (Å²) in [4.78, 5) is 0.646. The molecule has 1 atom stereocenters. The summed E-state index contributed by atoms with van der Waals surface area (Å²) in [5, 5.41) is 0.414. The number of hydrogen-bond donors (Lipinski definition) is 1. The molecule has 6 heteroatoms. The average molecular weight is 326 g/mol. The second-order valence-corrected chi connectivity index (χ2v) is 6.23. The summed E-state index contributed by atoms with van der Waals surface area (Å²) >= 11 is 5.91. The third-order valence-corrected chi connectivity index (χ3v) is 4.48. The van der Waals surface area contributed by atoms with E-state index in [0.717, 1.165) is 5.75 Å². The molecular formula is C15H16ClNO3S. The average Bonchev–Trinajstić information content (AvgIpc) is 2.50. The fraction of sp³-hybridized carbons (Fsp3) is 0.200. The molecule has 2 aromatic carbocycles. The number of nitrogens with two attached hydrogens (primary N) is 1. The van der Waals surface area contributed by atoms with Gasteiger partial charge in [0.05, 0.1) is 34.4 Å². The van der Waals surface area contributed by atoms with Gasteiger partial charge in [-0.05, 0) is 42.5 Å². The smallest absolute Gasteiger partial charge is 0.119 e. The first kappa shape index (κ1) is 15.7. The summed E-state index contributed by atoms with van der Waals surface area (Å²) in [6.07, 6.45) is 0. The zero-order valence-corrected chi connectivity index (χ0v) is 13.1. The number of nitrogen functional groups attached to an aromatic ring is 1. The first-order valence-corrected chi connectivity index (χ1v) is 8.00. The number of rotatable bonds is 6. The molecule has 0 saturated carbocycles. The fourth-order valence-electron chi connectivity index (χ4n) is 1.67. The molecule has 0 spiro atoms. The van der Waals surface area contributed by atoms with Crippen molar-refractivity contribution in [1.29, 1.82) is 0 Å². The molecule has 0 aliphatic heterocycles. The summed E-state index contributed by atoms with van der Waals surface area (Å²) in [5.74, 6) is 1.86. The molecule has 0 heterocycles. The highest BCUT2D eigenvalue weighted by Crippen LogP contribution is 2.22. The van der Waals surface area contributed by atoms with Crippen molar-refractivity contribution in [2.24, 2.45) is 0 Å². The lowest BCUT2D eigenvalue weighted by Crippen LogP contribution is -2.08. The molecular weight excluding hydrogens is 310 g/mol. The summed E-state index contributed by atoms with van der Waals surface area (Å²) in [5.41, 5.74) is 6.10. The Morgan fingerprint density at radius 3 is 2.43 bits per heavy atom. The molecule has 2 rings (SSSR count). The van der Waals surface area contributed by atoms with E-state index in [4.69, 9.17) is 26.8 Å². The van der Waals surface area contributed by atoms with Crippen LogP contribution < -0.4 is 15.2 Å². The lowest BCUT2D eigenvalue weighted by Gasteiger charge is -2.08. The summed E-state index contributed by atoms with van der Waals surface area (Å²) < 4.78 is 22.7. The molecule has 112 valence electrons. The van der Waals surface area contributed by atoms with Crippen LogP contribution in [-0.4, -0.2) is 23.7 Å². The molecule has 2 aromatic rings. The molecule has 0 amide bonds. The number of hydrogen-bond acceptors (Lipinski definition) is 4. The third-order valence-electron chi connectivity index (χ3n) is 2.83. The maximum Gasteiger partial charge on any atom is 0.119 e. The van der Waals surface area contributed by atoms with E-state index in [-0.39, 0.29) is 0 Å². The van der Waals surface area contributed by atoms with Crippen molar-refractivity contribution in [3.05, 3.63) is 47.5 Å². The van der Waals surface area contributed by atoms with Gasteiger partial charge in [-0.15, -0.1) is 0 Å². The summed E-state index contributed by atoms with van der Waals surface area (Å²) in [6.45, 7) is 0.348. The molecule has 2 N–H and O–H groups in total. The van der Waals surface area contributed by atoms with Crippen LogP contribution in [0.5, 0.6) is 11.5 Å². The van der Waals surface area contributed by atoms with Gasteiger partial charge >= 0.3 is 0 Å². The third kappa shape index (κ3) is 4.37. The van der Waals surface area contributed by atoms with Crippen LogP contribution in [0.3, 0.4) is 0 Å². The van der Waals surface area contributed by atoms with Crippen molar-refractivity contribution in [2.75, 3.05) is 25.2 Å². The Hall–Kier alpha value is -1.72. The van der Waals surface area contributed by atoms with Crippen molar-refractivity contribution in [2.45, 2.75) is 4.90 Å². The van der Waals surface area contributed by atoms with Crippen LogP contribution in [0.2, 0.25) is 5.02 Å². The first-order valence-electron chi connectivity index (χ1n) is 6.30. The van der Waals surface area contributed by atoms with Crippen LogP contribution in [0.4, 0.5) is 5.69 Å². The summed E-state index contributed by atoms with van der Waals surface area (Å²) in [7, 11) is 0.437. The molecule has 21 heavy (non-hydrogen) atoms. The van der Waals surface area contributed by atoms with Crippen LogP contribution >= 0.6 is 11.6 Å². The molecule has 0 saturated heterocycles. The normalized spacial score (nSPS) is 11.9. The first-order chi connectivity index (χ1) is 10.1. The maximum atomic E-state index is 12.1. The van der Waals surface area contributed by atoms with Gasteiger partial charge in [0, 0.05) is 4.90 Å². The fourth-order valence-corrected chi connectivity index (χ4v) is 2.86. The molecule has 0 aliphatic carbocycles. The van der Waals surface area contributed by atoms with E-state index in [1.807, 2.05) is 24.3 Å². The van der Waals surface area contributed by atoms with E-state index in [1.165, 1.54) is 0 Å². The Balaban J connectivity index is 1.87. The Labute approximate surface area is 131 Å². The molecule has 0 radical (unpaired) electrons. The predicted octanol–water partition coefficient (Wildman–Crippen LogP) is 3.12. The molecule has 0 aliphatic rings. The molecule has 0 fully saturated rings. The van der Waals surface area contributed by atoms with Gasteiger partial charge < -0.3 is 15.2 Å². The maximum absolute atomic E-state index is 12.1. The van der Waals surface area contributed by atoms with E-state index in [0.29, 0.717) is 33.7 Å². The van der Waals surface area contributed by atoms with Crippen molar-refractivity contribution in [3.8, 4) is 11.5 Å². The molecule has 4 nitrogen and oxygen atoms in total. The Kier molecular flexibility index (Phi) is 5.47. The highest BCUT2D eigenvalue weighted by molar-refractivity contribution is 7.85. The van der Waals surface area contributed by atoms with Gasteiger partial charge in [-0.1, -0.05) is 11.6 Å². The SMILES string of the molecule is COc1ccc(OCCS(=O)c2ccc(N)c(Cl)c2)cc1. The minimum Gasteiger partial charge on any atom is -0.497 e. The number of anilines is 1. The minimum atomic E-state index is -1.17. The quantitative estimate of drug-likeness (QED) is 0.829. The number of benzene rings is 2. The van der Waals surface area contributed by atoms with Gasteiger partial charge in [-0.25, -0.2) is 0 Å². The van der Waals surface area contributed by atoms with Crippen molar-refractivity contribution in [1.82, 2.24) is 0 Å². The zero-order valence-electron chi connectivity index (χ0n) is 11.5. The van der Waals surface area contributed by atoms with Gasteiger partial charge in [0.15, 0.2) is 0 Å². The number of halogens is 1. The topological polar surface area (TPSA) is 61.5 Å². The Morgan fingerprint density at radius 1 is 1.14 bits per heavy atom. The van der Waals surface area contributed by atoms with E-state index >= 15 is 0 Å². The van der Waals surface area contributed by atoms with Gasteiger partial charge in [-0.3, -0.25) is 4.21 Å². The van der Waals surface area contributed by atoms with Gasteiger partial charge in [0.2, 0.25) is 0 Å². The highest BCUT2D eigenvalue weighted by atomic mass is 35.5. The van der Waals surface area contributed by atoms with Gasteiger partial charge in [0.25, 0.3) is 0 Å². The highest BCUT2D eigenvalue weighted by Gasteiger charge is 2.07. The van der Waals surface area contributed by atoms with E-state index in [2.05, 4.69) is 0 Å².